The minimum Gasteiger partial charge on any atom is -0.344 e. The number of hydrogen-bond acceptors (Lipinski definition) is 2. The first-order chi connectivity index (χ1) is 20.0. The summed E-state index contributed by atoms with van der Waals surface area (Å²) in [6.07, 6.45) is 0. The maximum atomic E-state index is 14.1. The van der Waals surface area contributed by atoms with Gasteiger partial charge < -0.3 is 9.13 Å². The average molecular weight is 533 g/mol. The van der Waals surface area contributed by atoms with Crippen LogP contribution in [-0.4, -0.2) is 18.7 Å². The predicted octanol–water partition coefficient (Wildman–Crippen LogP) is 8.13. The summed E-state index contributed by atoms with van der Waals surface area (Å²) in [4.78, 5) is 19.0. The molecular formula is C36H28N4O. The molecule has 0 aliphatic carbocycles. The lowest BCUT2D eigenvalue weighted by molar-refractivity contribution is 0.826. The highest BCUT2D eigenvalue weighted by atomic mass is 16.1. The molecule has 0 saturated carbocycles. The minimum absolute atomic E-state index is 0.0563. The second-order valence-electron chi connectivity index (χ2n) is 10.8. The lowest BCUT2D eigenvalue weighted by atomic mass is 10.0. The van der Waals surface area contributed by atoms with E-state index < -0.39 is 0 Å². The van der Waals surface area contributed by atoms with Gasteiger partial charge in [-0.25, -0.2) is 4.98 Å². The molecule has 3 heterocycles. The van der Waals surface area contributed by atoms with Crippen molar-refractivity contribution in [1.82, 2.24) is 18.7 Å². The van der Waals surface area contributed by atoms with Gasteiger partial charge in [0, 0.05) is 57.2 Å². The van der Waals surface area contributed by atoms with Crippen LogP contribution in [0.2, 0.25) is 0 Å². The van der Waals surface area contributed by atoms with Crippen molar-refractivity contribution in [2.24, 2.45) is 7.05 Å². The van der Waals surface area contributed by atoms with Crippen LogP contribution < -0.4 is 5.56 Å². The predicted molar refractivity (Wildman–Crippen MR) is 170 cm³/mol. The molecule has 5 aromatic carbocycles. The van der Waals surface area contributed by atoms with E-state index in [1.54, 1.807) is 4.57 Å². The maximum Gasteiger partial charge on any atom is 0.265 e. The smallest absolute Gasteiger partial charge is 0.265 e. The van der Waals surface area contributed by atoms with E-state index in [0.29, 0.717) is 16.7 Å². The van der Waals surface area contributed by atoms with Crippen LogP contribution in [0.5, 0.6) is 0 Å². The van der Waals surface area contributed by atoms with Crippen molar-refractivity contribution in [3.63, 3.8) is 0 Å². The molecule has 3 aromatic heterocycles. The third-order valence-corrected chi connectivity index (χ3v) is 8.61. The first kappa shape index (κ1) is 23.7. The zero-order valence-corrected chi connectivity index (χ0v) is 23.2. The third-order valence-electron chi connectivity index (χ3n) is 8.61. The second-order valence-corrected chi connectivity index (χ2v) is 10.8. The average Bonchev–Trinajstić information content (AvgIpc) is 3.48. The molecule has 198 valence electrons. The summed E-state index contributed by atoms with van der Waals surface area (Å²) < 4.78 is 6.30. The number of para-hydroxylation sites is 2. The molecule has 8 rings (SSSR count). The van der Waals surface area contributed by atoms with Gasteiger partial charge in [0.15, 0.2) is 0 Å². The van der Waals surface area contributed by atoms with Crippen LogP contribution in [0.1, 0.15) is 12.7 Å². The van der Waals surface area contributed by atoms with Crippen molar-refractivity contribution in [2.75, 3.05) is 0 Å². The molecule has 41 heavy (non-hydrogen) atoms. The molecular weight excluding hydrogens is 504 g/mol. The molecule has 0 saturated heterocycles. The van der Waals surface area contributed by atoms with Crippen LogP contribution in [-0.2, 0) is 13.6 Å². The molecule has 0 amide bonds. The van der Waals surface area contributed by atoms with Crippen LogP contribution in [0.25, 0.3) is 71.3 Å². The number of fused-ring (bicyclic) bond motifs is 7. The highest BCUT2D eigenvalue weighted by Crippen LogP contribution is 2.33. The Morgan fingerprint density at radius 1 is 0.634 bits per heavy atom. The number of aromatic nitrogens is 4. The van der Waals surface area contributed by atoms with Gasteiger partial charge in [-0.05, 0) is 79.6 Å². The van der Waals surface area contributed by atoms with E-state index in [1.807, 2.05) is 25.1 Å². The summed E-state index contributed by atoms with van der Waals surface area (Å²) in [5.41, 5.74) is 8.34. The van der Waals surface area contributed by atoms with E-state index in [0.717, 1.165) is 28.7 Å². The SMILES string of the molecule is CCn1c2ccccc2c2cc(-n3c(C)nc4ccc(-c5ccc6c(c5)c5ccccc5n6C)cc4c3=O)ccc21. The normalized spacial score (nSPS) is 12.0. The quantitative estimate of drug-likeness (QED) is 0.231. The largest absolute Gasteiger partial charge is 0.344 e. The van der Waals surface area contributed by atoms with Crippen LogP contribution in [0, 0.1) is 6.92 Å². The van der Waals surface area contributed by atoms with Gasteiger partial charge in [0.25, 0.3) is 5.56 Å². The van der Waals surface area contributed by atoms with Crippen molar-refractivity contribution in [2.45, 2.75) is 20.4 Å². The van der Waals surface area contributed by atoms with Crippen molar-refractivity contribution in [3.05, 3.63) is 119 Å². The number of nitrogens with zero attached hydrogens (tertiary/aromatic N) is 4. The van der Waals surface area contributed by atoms with Crippen LogP contribution in [0.15, 0.2) is 108 Å². The fourth-order valence-electron chi connectivity index (χ4n) is 6.65. The Bertz CT molecular complexity index is 2400. The molecule has 0 bridgehead atoms. The zero-order chi connectivity index (χ0) is 27.8. The summed E-state index contributed by atoms with van der Waals surface area (Å²) in [6, 6.07) is 35.8. The van der Waals surface area contributed by atoms with Crippen molar-refractivity contribution in [1.29, 1.82) is 0 Å². The summed E-state index contributed by atoms with van der Waals surface area (Å²) in [5, 5.41) is 5.38. The van der Waals surface area contributed by atoms with Crippen LogP contribution in [0.3, 0.4) is 0 Å². The molecule has 8 aromatic rings. The monoisotopic (exact) mass is 532 g/mol. The lowest BCUT2D eigenvalue weighted by Gasteiger charge is -2.12. The van der Waals surface area contributed by atoms with Gasteiger partial charge in [-0.15, -0.1) is 0 Å². The molecule has 0 aliphatic heterocycles. The lowest BCUT2D eigenvalue weighted by Crippen LogP contribution is -2.22. The van der Waals surface area contributed by atoms with Gasteiger partial charge in [-0.3, -0.25) is 9.36 Å². The Balaban J connectivity index is 1.32. The maximum absolute atomic E-state index is 14.1. The van der Waals surface area contributed by atoms with E-state index in [1.165, 1.54) is 38.2 Å². The van der Waals surface area contributed by atoms with Gasteiger partial charge in [0.1, 0.15) is 5.82 Å². The Kier molecular flexibility index (Phi) is 5.01. The van der Waals surface area contributed by atoms with Gasteiger partial charge in [0.05, 0.1) is 16.6 Å². The summed E-state index contributed by atoms with van der Waals surface area (Å²) >= 11 is 0. The molecule has 0 atom stereocenters. The Morgan fingerprint density at radius 2 is 1.22 bits per heavy atom. The zero-order valence-electron chi connectivity index (χ0n) is 23.2. The molecule has 0 radical (unpaired) electrons. The highest BCUT2D eigenvalue weighted by Gasteiger charge is 2.15. The molecule has 0 aliphatic rings. The molecule has 5 heteroatoms. The second kappa shape index (κ2) is 8.67. The van der Waals surface area contributed by atoms with Crippen LogP contribution in [0.4, 0.5) is 0 Å². The summed E-state index contributed by atoms with van der Waals surface area (Å²) in [7, 11) is 2.11. The molecule has 0 fully saturated rings. The fourth-order valence-corrected chi connectivity index (χ4v) is 6.65. The Hall–Kier alpha value is -5.16. The number of rotatable bonds is 3. The van der Waals surface area contributed by atoms with Gasteiger partial charge >= 0.3 is 0 Å². The minimum atomic E-state index is -0.0563. The first-order valence-electron chi connectivity index (χ1n) is 14.1. The molecule has 0 unspecified atom stereocenters. The number of aryl methyl sites for hydroxylation is 3. The van der Waals surface area contributed by atoms with Crippen molar-refractivity contribution >= 4 is 54.5 Å². The summed E-state index contributed by atoms with van der Waals surface area (Å²) in [6.45, 7) is 4.95. The van der Waals surface area contributed by atoms with E-state index in [9.17, 15) is 4.79 Å². The van der Waals surface area contributed by atoms with Crippen molar-refractivity contribution < 1.29 is 0 Å². The van der Waals surface area contributed by atoms with E-state index in [4.69, 9.17) is 4.98 Å². The van der Waals surface area contributed by atoms with E-state index in [-0.39, 0.29) is 5.56 Å². The van der Waals surface area contributed by atoms with Gasteiger partial charge in [-0.1, -0.05) is 48.5 Å². The van der Waals surface area contributed by atoms with Crippen LogP contribution >= 0.6 is 0 Å². The first-order valence-corrected chi connectivity index (χ1v) is 14.1. The van der Waals surface area contributed by atoms with E-state index >= 15 is 0 Å². The van der Waals surface area contributed by atoms with E-state index in [2.05, 4.69) is 108 Å². The Morgan fingerprint density at radius 3 is 2.00 bits per heavy atom. The standard InChI is InChI=1S/C36H28N4O/c1-4-39-34-12-8-6-10-27(34)29-21-25(15-18-35(29)39)40-22(2)37-31-16-13-23(20-30(31)36(40)41)24-14-17-33-28(19-24)26-9-5-7-11-32(26)38(33)3/h5-21H,4H2,1-3H3. The molecule has 0 N–H and O–H groups in total. The number of hydrogen-bond donors (Lipinski definition) is 0. The Labute approximate surface area is 236 Å². The highest BCUT2D eigenvalue weighted by molar-refractivity contribution is 6.10. The van der Waals surface area contributed by atoms with Gasteiger partial charge in [-0.2, -0.15) is 0 Å². The fraction of sp³-hybridized carbons (Fsp3) is 0.111. The topological polar surface area (TPSA) is 44.8 Å². The van der Waals surface area contributed by atoms with Crippen molar-refractivity contribution in [3.8, 4) is 16.8 Å². The molecule has 0 spiro atoms. The number of benzene rings is 5. The molecule has 5 nitrogen and oxygen atoms in total. The third kappa shape index (κ3) is 3.35. The summed E-state index contributed by atoms with van der Waals surface area (Å²) in [5.74, 6) is 0.672. The van der Waals surface area contributed by atoms with Gasteiger partial charge in [0.2, 0.25) is 0 Å².